The van der Waals surface area contributed by atoms with E-state index in [4.69, 9.17) is 4.98 Å². The second-order valence-electron chi connectivity index (χ2n) is 5.19. The van der Waals surface area contributed by atoms with Crippen molar-refractivity contribution in [3.63, 3.8) is 0 Å². The van der Waals surface area contributed by atoms with Crippen LogP contribution in [0.15, 0.2) is 6.20 Å². The topological polar surface area (TPSA) is 33.1 Å². The van der Waals surface area contributed by atoms with E-state index in [-0.39, 0.29) is 0 Å². The normalized spacial score (nSPS) is 21.2. The van der Waals surface area contributed by atoms with Gasteiger partial charge in [-0.1, -0.05) is 6.92 Å². The van der Waals surface area contributed by atoms with Gasteiger partial charge in [-0.25, -0.2) is 4.98 Å². The molecule has 1 aromatic rings. The fraction of sp³-hybridized carbons (Fsp3) is 0.769. The van der Waals surface area contributed by atoms with Crippen LogP contribution >= 0.6 is 0 Å². The van der Waals surface area contributed by atoms with Gasteiger partial charge in [0, 0.05) is 37.9 Å². The number of aromatic nitrogens is 2. The van der Waals surface area contributed by atoms with E-state index in [1.165, 1.54) is 5.69 Å². The van der Waals surface area contributed by atoms with Crippen molar-refractivity contribution in [1.82, 2.24) is 14.9 Å². The van der Waals surface area contributed by atoms with Crippen LogP contribution in [-0.2, 0) is 6.42 Å². The highest BCUT2D eigenvalue weighted by Gasteiger charge is 2.21. The van der Waals surface area contributed by atoms with Crippen LogP contribution in [-0.4, -0.2) is 35.2 Å². The van der Waals surface area contributed by atoms with Gasteiger partial charge in [-0.2, -0.15) is 0 Å². The SMILES string of the molecule is CCc1cn(C(C)C)c(N2CCNC(C)C2)n1. The van der Waals surface area contributed by atoms with Crippen molar-refractivity contribution in [3.05, 3.63) is 11.9 Å². The highest BCUT2D eigenvalue weighted by Crippen LogP contribution is 2.21. The third-order valence-corrected chi connectivity index (χ3v) is 3.33. The van der Waals surface area contributed by atoms with Crippen molar-refractivity contribution >= 4 is 5.95 Å². The molecule has 1 aliphatic rings. The molecule has 1 unspecified atom stereocenters. The third-order valence-electron chi connectivity index (χ3n) is 3.33. The zero-order chi connectivity index (χ0) is 12.4. The molecule has 0 spiro atoms. The Balaban J connectivity index is 2.26. The Morgan fingerprint density at radius 1 is 1.53 bits per heavy atom. The molecule has 2 rings (SSSR count). The van der Waals surface area contributed by atoms with Crippen LogP contribution in [0.4, 0.5) is 5.95 Å². The standard InChI is InChI=1S/C13H24N4/c1-5-12-9-17(10(2)3)13(15-12)16-7-6-14-11(4)8-16/h9-11,14H,5-8H2,1-4H3. The minimum absolute atomic E-state index is 0.475. The first-order valence-electron chi connectivity index (χ1n) is 6.68. The molecule has 0 saturated carbocycles. The summed E-state index contributed by atoms with van der Waals surface area (Å²) in [6.45, 7) is 12.0. The van der Waals surface area contributed by atoms with Gasteiger partial charge in [0.1, 0.15) is 0 Å². The summed E-state index contributed by atoms with van der Waals surface area (Å²) >= 11 is 0. The van der Waals surface area contributed by atoms with E-state index in [1.807, 2.05) is 0 Å². The summed E-state index contributed by atoms with van der Waals surface area (Å²) < 4.78 is 2.30. The van der Waals surface area contributed by atoms with Gasteiger partial charge in [-0.3, -0.25) is 0 Å². The molecule has 1 saturated heterocycles. The second-order valence-corrected chi connectivity index (χ2v) is 5.19. The van der Waals surface area contributed by atoms with E-state index in [1.54, 1.807) is 0 Å². The Labute approximate surface area is 104 Å². The predicted octanol–water partition coefficient (Wildman–Crippen LogP) is 1.82. The lowest BCUT2D eigenvalue weighted by Crippen LogP contribution is -2.50. The van der Waals surface area contributed by atoms with Crippen molar-refractivity contribution in [3.8, 4) is 0 Å². The lowest BCUT2D eigenvalue weighted by Gasteiger charge is -2.33. The maximum absolute atomic E-state index is 4.77. The quantitative estimate of drug-likeness (QED) is 0.869. The molecule has 96 valence electrons. The largest absolute Gasteiger partial charge is 0.339 e. The van der Waals surface area contributed by atoms with Gasteiger partial charge >= 0.3 is 0 Å². The van der Waals surface area contributed by atoms with Crippen molar-refractivity contribution < 1.29 is 0 Å². The minimum atomic E-state index is 0.475. The van der Waals surface area contributed by atoms with Gasteiger partial charge in [0.15, 0.2) is 0 Å². The first kappa shape index (κ1) is 12.4. The molecule has 4 nitrogen and oxygen atoms in total. The fourth-order valence-electron chi connectivity index (χ4n) is 2.33. The summed E-state index contributed by atoms with van der Waals surface area (Å²) in [6.07, 6.45) is 3.21. The lowest BCUT2D eigenvalue weighted by atomic mass is 10.2. The van der Waals surface area contributed by atoms with Crippen LogP contribution in [0.3, 0.4) is 0 Å². The zero-order valence-electron chi connectivity index (χ0n) is 11.4. The summed E-state index contributed by atoms with van der Waals surface area (Å²) in [5, 5.41) is 3.47. The summed E-state index contributed by atoms with van der Waals surface area (Å²) in [5.41, 5.74) is 1.19. The third kappa shape index (κ3) is 2.63. The number of hydrogen-bond acceptors (Lipinski definition) is 3. The Morgan fingerprint density at radius 2 is 2.29 bits per heavy atom. The number of hydrogen-bond donors (Lipinski definition) is 1. The average Bonchev–Trinajstić information content (AvgIpc) is 2.73. The van der Waals surface area contributed by atoms with Crippen molar-refractivity contribution in [1.29, 1.82) is 0 Å². The summed E-state index contributed by atoms with van der Waals surface area (Å²) in [5.74, 6) is 1.14. The molecule has 1 aromatic heterocycles. The van der Waals surface area contributed by atoms with Gasteiger partial charge in [0.25, 0.3) is 0 Å². The van der Waals surface area contributed by atoms with Crippen LogP contribution in [0.1, 0.15) is 39.4 Å². The molecule has 1 atom stereocenters. The molecule has 17 heavy (non-hydrogen) atoms. The monoisotopic (exact) mass is 236 g/mol. The molecule has 1 aliphatic heterocycles. The molecule has 0 radical (unpaired) electrons. The molecule has 0 amide bonds. The molecule has 0 aliphatic carbocycles. The number of anilines is 1. The number of rotatable bonds is 3. The van der Waals surface area contributed by atoms with E-state index in [0.717, 1.165) is 32.0 Å². The van der Waals surface area contributed by atoms with Gasteiger partial charge in [-0.05, 0) is 27.2 Å². The summed E-state index contributed by atoms with van der Waals surface area (Å²) in [6, 6.07) is 1.02. The van der Waals surface area contributed by atoms with Crippen molar-refractivity contribution in [2.75, 3.05) is 24.5 Å². The maximum Gasteiger partial charge on any atom is 0.206 e. The van der Waals surface area contributed by atoms with Crippen LogP contribution in [0.5, 0.6) is 0 Å². The molecule has 1 fully saturated rings. The second kappa shape index (κ2) is 5.08. The highest BCUT2D eigenvalue weighted by atomic mass is 15.3. The van der Waals surface area contributed by atoms with Crippen molar-refractivity contribution in [2.45, 2.75) is 46.2 Å². The number of nitrogens with zero attached hydrogens (tertiary/aromatic N) is 3. The number of imidazole rings is 1. The van der Waals surface area contributed by atoms with Gasteiger partial charge in [0.05, 0.1) is 5.69 Å². The fourth-order valence-corrected chi connectivity index (χ4v) is 2.33. The number of piperazine rings is 1. The molecule has 0 bridgehead atoms. The molecule has 0 aromatic carbocycles. The lowest BCUT2D eigenvalue weighted by molar-refractivity contribution is 0.468. The minimum Gasteiger partial charge on any atom is -0.339 e. The van der Waals surface area contributed by atoms with Gasteiger partial charge in [0.2, 0.25) is 5.95 Å². The number of aryl methyl sites for hydroxylation is 1. The van der Waals surface area contributed by atoms with Crippen LogP contribution < -0.4 is 10.2 Å². The van der Waals surface area contributed by atoms with Crippen LogP contribution in [0.2, 0.25) is 0 Å². The van der Waals surface area contributed by atoms with Gasteiger partial charge < -0.3 is 14.8 Å². The summed E-state index contributed by atoms with van der Waals surface area (Å²) in [4.78, 5) is 7.17. The van der Waals surface area contributed by atoms with Crippen LogP contribution in [0, 0.1) is 0 Å². The molecular formula is C13H24N4. The van der Waals surface area contributed by atoms with E-state index < -0.39 is 0 Å². The molecule has 1 N–H and O–H groups in total. The Morgan fingerprint density at radius 3 is 2.88 bits per heavy atom. The Kier molecular flexibility index (Phi) is 3.72. The number of nitrogens with one attached hydrogen (secondary N) is 1. The van der Waals surface area contributed by atoms with E-state index in [0.29, 0.717) is 12.1 Å². The first-order chi connectivity index (χ1) is 8.11. The van der Waals surface area contributed by atoms with Gasteiger partial charge in [-0.15, -0.1) is 0 Å². The van der Waals surface area contributed by atoms with Crippen molar-refractivity contribution in [2.24, 2.45) is 0 Å². The highest BCUT2D eigenvalue weighted by molar-refractivity contribution is 5.35. The van der Waals surface area contributed by atoms with Crippen LogP contribution in [0.25, 0.3) is 0 Å². The molecular weight excluding hydrogens is 212 g/mol. The summed E-state index contributed by atoms with van der Waals surface area (Å²) in [7, 11) is 0. The Bertz CT molecular complexity index is 369. The maximum atomic E-state index is 4.77. The molecule has 4 heteroatoms. The average molecular weight is 236 g/mol. The molecule has 2 heterocycles. The predicted molar refractivity (Wildman–Crippen MR) is 71.7 cm³/mol. The first-order valence-corrected chi connectivity index (χ1v) is 6.68. The van der Waals surface area contributed by atoms with E-state index in [9.17, 15) is 0 Å². The Hall–Kier alpha value is -1.03. The smallest absolute Gasteiger partial charge is 0.206 e. The van der Waals surface area contributed by atoms with E-state index in [2.05, 4.69) is 48.7 Å². The van der Waals surface area contributed by atoms with E-state index >= 15 is 0 Å². The zero-order valence-corrected chi connectivity index (χ0v) is 11.4.